The van der Waals surface area contributed by atoms with Crippen LogP contribution in [0.25, 0.3) is 5.69 Å². The summed E-state index contributed by atoms with van der Waals surface area (Å²) < 4.78 is 1.53. The Kier molecular flexibility index (Phi) is 6.56. The van der Waals surface area contributed by atoms with Crippen molar-refractivity contribution in [3.63, 3.8) is 0 Å². The highest BCUT2D eigenvalue weighted by molar-refractivity contribution is 6.37. The van der Waals surface area contributed by atoms with Crippen LogP contribution >= 0.6 is 23.2 Å². The minimum atomic E-state index is -0.460. The summed E-state index contributed by atoms with van der Waals surface area (Å²) in [6.07, 6.45) is 1.47. The van der Waals surface area contributed by atoms with Crippen LogP contribution in [0.1, 0.15) is 34.6 Å². The highest BCUT2D eigenvalue weighted by Gasteiger charge is 2.24. The number of benzene rings is 2. The Morgan fingerprint density at radius 2 is 1.72 bits per heavy atom. The lowest BCUT2D eigenvalue weighted by molar-refractivity contribution is 0.0774. The number of carbonyl (C=O) groups excluding carboxylic acids is 2. The van der Waals surface area contributed by atoms with E-state index in [1.54, 1.807) is 11.0 Å². The van der Waals surface area contributed by atoms with Gasteiger partial charge in [-0.3, -0.25) is 9.59 Å². The predicted molar refractivity (Wildman–Crippen MR) is 115 cm³/mol. The van der Waals surface area contributed by atoms with Crippen LogP contribution in [0.15, 0.2) is 54.7 Å². The molecule has 2 amide bonds. The Labute approximate surface area is 179 Å². The van der Waals surface area contributed by atoms with E-state index in [1.807, 2.05) is 44.2 Å². The molecule has 0 bridgehead atoms. The maximum absolute atomic E-state index is 13.0. The lowest BCUT2D eigenvalue weighted by Crippen LogP contribution is -2.31. The summed E-state index contributed by atoms with van der Waals surface area (Å²) >= 11 is 12.1. The van der Waals surface area contributed by atoms with Crippen LogP contribution < -0.4 is 5.32 Å². The number of amides is 2. The first-order valence-electron chi connectivity index (χ1n) is 9.15. The maximum atomic E-state index is 13.0. The van der Waals surface area contributed by atoms with Crippen molar-refractivity contribution in [3.05, 3.63) is 75.9 Å². The van der Waals surface area contributed by atoms with Crippen LogP contribution in [-0.4, -0.2) is 39.6 Å². The third-order valence-electron chi connectivity index (χ3n) is 4.46. The summed E-state index contributed by atoms with van der Waals surface area (Å²) in [5, 5.41) is 7.80. The molecule has 1 heterocycles. The van der Waals surface area contributed by atoms with Gasteiger partial charge in [-0.1, -0.05) is 41.4 Å². The summed E-state index contributed by atoms with van der Waals surface area (Å²) in [6, 6.07) is 13.9. The molecule has 0 atom stereocenters. The zero-order chi connectivity index (χ0) is 21.0. The first-order chi connectivity index (χ1) is 14.0. The molecule has 0 radical (unpaired) electrons. The van der Waals surface area contributed by atoms with Gasteiger partial charge in [0, 0.05) is 18.1 Å². The van der Waals surface area contributed by atoms with Crippen molar-refractivity contribution in [1.29, 1.82) is 0 Å². The first kappa shape index (κ1) is 20.9. The molecule has 0 aliphatic rings. The molecule has 0 aliphatic heterocycles. The molecule has 3 rings (SSSR count). The topological polar surface area (TPSA) is 67.2 Å². The Balaban J connectivity index is 2.05. The monoisotopic (exact) mass is 430 g/mol. The van der Waals surface area contributed by atoms with Crippen LogP contribution in [0.2, 0.25) is 10.0 Å². The van der Waals surface area contributed by atoms with Crippen molar-refractivity contribution >= 4 is 40.8 Å². The normalized spacial score (nSPS) is 10.6. The molecule has 29 heavy (non-hydrogen) atoms. The molecule has 0 saturated heterocycles. The van der Waals surface area contributed by atoms with E-state index in [0.717, 1.165) is 0 Å². The van der Waals surface area contributed by atoms with E-state index in [4.69, 9.17) is 23.2 Å². The Bertz CT molecular complexity index is 1030. The summed E-state index contributed by atoms with van der Waals surface area (Å²) in [5.41, 5.74) is 1.26. The summed E-state index contributed by atoms with van der Waals surface area (Å²) in [6.45, 7) is 4.88. The third kappa shape index (κ3) is 4.44. The minimum Gasteiger partial charge on any atom is -0.339 e. The number of halogens is 2. The average molecular weight is 431 g/mol. The van der Waals surface area contributed by atoms with Gasteiger partial charge in [-0.15, -0.1) is 0 Å². The fraction of sp³-hybridized carbons (Fsp3) is 0.190. The van der Waals surface area contributed by atoms with Crippen LogP contribution in [0.5, 0.6) is 0 Å². The molecule has 150 valence electrons. The quantitative estimate of drug-likeness (QED) is 0.603. The van der Waals surface area contributed by atoms with E-state index in [9.17, 15) is 9.59 Å². The van der Waals surface area contributed by atoms with Gasteiger partial charge in [-0.05, 0) is 44.2 Å². The molecule has 1 aromatic heterocycles. The number of hydrogen-bond donors (Lipinski definition) is 1. The van der Waals surface area contributed by atoms with Crippen molar-refractivity contribution in [2.45, 2.75) is 13.8 Å². The second-order valence-electron chi connectivity index (χ2n) is 6.21. The molecule has 6 nitrogen and oxygen atoms in total. The second-order valence-corrected chi connectivity index (χ2v) is 7.05. The van der Waals surface area contributed by atoms with Crippen LogP contribution in [0.4, 0.5) is 5.82 Å². The van der Waals surface area contributed by atoms with Crippen molar-refractivity contribution in [2.24, 2.45) is 0 Å². The van der Waals surface area contributed by atoms with E-state index >= 15 is 0 Å². The highest BCUT2D eigenvalue weighted by Crippen LogP contribution is 2.25. The number of hydrogen-bond acceptors (Lipinski definition) is 3. The Morgan fingerprint density at radius 1 is 1.03 bits per heavy atom. The molecule has 0 spiro atoms. The third-order valence-corrected chi connectivity index (χ3v) is 5.01. The van der Waals surface area contributed by atoms with Gasteiger partial charge in [0.15, 0.2) is 0 Å². The van der Waals surface area contributed by atoms with Crippen molar-refractivity contribution in [1.82, 2.24) is 14.7 Å². The largest absolute Gasteiger partial charge is 0.339 e. The zero-order valence-electron chi connectivity index (χ0n) is 16.0. The molecular weight excluding hydrogens is 411 g/mol. The molecule has 2 aromatic carbocycles. The van der Waals surface area contributed by atoms with Gasteiger partial charge in [0.05, 0.1) is 22.5 Å². The molecule has 0 fully saturated rings. The lowest BCUT2D eigenvalue weighted by Gasteiger charge is -2.19. The van der Waals surface area contributed by atoms with E-state index in [2.05, 4.69) is 10.4 Å². The van der Waals surface area contributed by atoms with E-state index in [1.165, 1.54) is 23.0 Å². The van der Waals surface area contributed by atoms with Crippen molar-refractivity contribution in [3.8, 4) is 5.69 Å². The number of aromatic nitrogens is 2. The van der Waals surface area contributed by atoms with Crippen molar-refractivity contribution in [2.75, 3.05) is 18.4 Å². The number of nitrogens with zero attached hydrogens (tertiary/aromatic N) is 3. The molecular formula is C21H20Cl2N4O2. The van der Waals surface area contributed by atoms with Gasteiger partial charge < -0.3 is 10.2 Å². The van der Waals surface area contributed by atoms with E-state index in [-0.39, 0.29) is 22.3 Å². The van der Waals surface area contributed by atoms with Gasteiger partial charge in [0.1, 0.15) is 11.4 Å². The molecule has 8 heteroatoms. The number of para-hydroxylation sites is 1. The summed E-state index contributed by atoms with van der Waals surface area (Å²) in [4.78, 5) is 27.6. The lowest BCUT2D eigenvalue weighted by atomic mass is 10.2. The fourth-order valence-electron chi connectivity index (χ4n) is 2.92. The zero-order valence-corrected chi connectivity index (χ0v) is 17.5. The summed E-state index contributed by atoms with van der Waals surface area (Å²) in [7, 11) is 0. The predicted octanol–water partition coefficient (Wildman–Crippen LogP) is 4.91. The molecule has 0 saturated carbocycles. The standard InChI is InChI=1S/C21H20Cl2N4O2/c1-3-26(4-2)21(29)17-13-24-27(15-8-6-5-7-9-15)19(17)25-20(28)16-11-10-14(22)12-18(16)23/h5-13H,3-4H2,1-2H3,(H,25,28). The Morgan fingerprint density at radius 3 is 2.34 bits per heavy atom. The number of anilines is 1. The van der Waals surface area contributed by atoms with Crippen LogP contribution in [-0.2, 0) is 0 Å². The van der Waals surface area contributed by atoms with Gasteiger partial charge in [-0.2, -0.15) is 5.10 Å². The van der Waals surface area contributed by atoms with Crippen LogP contribution in [0.3, 0.4) is 0 Å². The first-order valence-corrected chi connectivity index (χ1v) is 9.91. The number of carbonyl (C=O) groups is 2. The van der Waals surface area contributed by atoms with E-state index in [0.29, 0.717) is 29.4 Å². The van der Waals surface area contributed by atoms with E-state index < -0.39 is 5.91 Å². The summed E-state index contributed by atoms with van der Waals surface area (Å²) in [5.74, 6) is -0.392. The van der Waals surface area contributed by atoms with Crippen LogP contribution in [0, 0.1) is 0 Å². The molecule has 0 unspecified atom stereocenters. The van der Waals surface area contributed by atoms with Crippen molar-refractivity contribution < 1.29 is 9.59 Å². The molecule has 3 aromatic rings. The fourth-order valence-corrected chi connectivity index (χ4v) is 3.41. The maximum Gasteiger partial charge on any atom is 0.259 e. The Hall–Kier alpha value is -2.83. The average Bonchev–Trinajstić information content (AvgIpc) is 3.12. The highest BCUT2D eigenvalue weighted by atomic mass is 35.5. The van der Waals surface area contributed by atoms with Gasteiger partial charge >= 0.3 is 0 Å². The number of nitrogens with one attached hydrogen (secondary N) is 1. The van der Waals surface area contributed by atoms with Gasteiger partial charge in [0.25, 0.3) is 11.8 Å². The SMILES string of the molecule is CCN(CC)C(=O)c1cnn(-c2ccccc2)c1NC(=O)c1ccc(Cl)cc1Cl. The van der Waals surface area contributed by atoms with Gasteiger partial charge in [-0.25, -0.2) is 4.68 Å². The van der Waals surface area contributed by atoms with Gasteiger partial charge in [0.2, 0.25) is 0 Å². The second kappa shape index (κ2) is 9.11. The molecule has 0 aliphatic carbocycles. The smallest absolute Gasteiger partial charge is 0.259 e. The molecule has 1 N–H and O–H groups in total. The number of rotatable bonds is 6. The minimum absolute atomic E-state index is 0.213.